The smallest absolute Gasteiger partial charge is 0.320 e. The first kappa shape index (κ1) is 19.0. The van der Waals surface area contributed by atoms with Gasteiger partial charge in [-0.3, -0.25) is 4.79 Å². The van der Waals surface area contributed by atoms with E-state index in [1.807, 2.05) is 48.5 Å². The SMILES string of the molecule is C=Cc1cc2c(O[C@H]3CN[C@H](C(=O)O)C3)cc(-c3ccccc3)nc2cc1OC. The fourth-order valence-electron chi connectivity index (χ4n) is 3.59. The van der Waals surface area contributed by atoms with Gasteiger partial charge >= 0.3 is 5.97 Å². The number of hydrogen-bond acceptors (Lipinski definition) is 5. The van der Waals surface area contributed by atoms with Crippen LogP contribution in [0.5, 0.6) is 11.5 Å². The predicted molar refractivity (Wildman–Crippen MR) is 112 cm³/mol. The number of pyridine rings is 1. The number of aromatic nitrogens is 1. The van der Waals surface area contributed by atoms with Crippen LogP contribution >= 0.6 is 0 Å². The lowest BCUT2D eigenvalue weighted by Crippen LogP contribution is -2.30. The van der Waals surface area contributed by atoms with Gasteiger partial charge in [0.15, 0.2) is 0 Å². The van der Waals surface area contributed by atoms with Crippen LogP contribution in [-0.4, -0.2) is 41.9 Å². The van der Waals surface area contributed by atoms with Crippen LogP contribution in [0, 0.1) is 0 Å². The maximum Gasteiger partial charge on any atom is 0.320 e. The minimum absolute atomic E-state index is 0.236. The molecule has 0 spiro atoms. The topological polar surface area (TPSA) is 80.7 Å². The number of fused-ring (bicyclic) bond motifs is 1. The zero-order valence-corrected chi connectivity index (χ0v) is 16.1. The third-order valence-electron chi connectivity index (χ3n) is 5.09. The molecule has 148 valence electrons. The Morgan fingerprint density at radius 1 is 1.24 bits per heavy atom. The number of carbonyl (C=O) groups is 1. The molecule has 1 fully saturated rings. The van der Waals surface area contributed by atoms with E-state index < -0.39 is 12.0 Å². The minimum Gasteiger partial charge on any atom is -0.496 e. The number of hydrogen-bond donors (Lipinski definition) is 2. The molecule has 2 atom stereocenters. The summed E-state index contributed by atoms with van der Waals surface area (Å²) in [6, 6.07) is 15.0. The molecule has 1 aliphatic rings. The number of methoxy groups -OCH3 is 1. The first-order chi connectivity index (χ1) is 14.1. The summed E-state index contributed by atoms with van der Waals surface area (Å²) in [5, 5.41) is 13.1. The van der Waals surface area contributed by atoms with Gasteiger partial charge in [-0.2, -0.15) is 0 Å². The third-order valence-corrected chi connectivity index (χ3v) is 5.09. The molecule has 1 aromatic heterocycles. The number of nitrogens with zero attached hydrogens (tertiary/aromatic N) is 1. The standard InChI is InChI=1S/C23H22N2O4/c1-3-14-9-17-19(12-21(14)28-2)25-18(15-7-5-4-6-8-15)11-22(17)29-16-10-20(23(26)27)24-13-16/h3-9,11-12,16,20,24H,1,10,13H2,2H3,(H,26,27)/t16-,20+/m1/s1. The first-order valence-corrected chi connectivity index (χ1v) is 9.42. The largest absolute Gasteiger partial charge is 0.496 e. The van der Waals surface area contributed by atoms with Crippen molar-refractivity contribution < 1.29 is 19.4 Å². The lowest BCUT2D eigenvalue weighted by atomic mass is 10.1. The van der Waals surface area contributed by atoms with Gasteiger partial charge in [0, 0.05) is 41.6 Å². The summed E-state index contributed by atoms with van der Waals surface area (Å²) < 4.78 is 11.7. The van der Waals surface area contributed by atoms with Crippen molar-refractivity contribution >= 4 is 22.9 Å². The average molecular weight is 390 g/mol. The monoisotopic (exact) mass is 390 g/mol. The second-order valence-electron chi connectivity index (χ2n) is 6.96. The Labute approximate surface area is 168 Å². The summed E-state index contributed by atoms with van der Waals surface area (Å²) in [7, 11) is 1.61. The molecule has 0 unspecified atom stereocenters. The summed E-state index contributed by atoms with van der Waals surface area (Å²) in [6.45, 7) is 4.34. The van der Waals surface area contributed by atoms with Gasteiger partial charge < -0.3 is 19.9 Å². The van der Waals surface area contributed by atoms with Gasteiger partial charge in [0.1, 0.15) is 23.6 Å². The second-order valence-corrected chi connectivity index (χ2v) is 6.96. The second kappa shape index (κ2) is 7.93. The van der Waals surface area contributed by atoms with E-state index in [2.05, 4.69) is 11.9 Å². The highest BCUT2D eigenvalue weighted by molar-refractivity contribution is 5.91. The van der Waals surface area contributed by atoms with Gasteiger partial charge in [-0.1, -0.05) is 43.0 Å². The van der Waals surface area contributed by atoms with Gasteiger partial charge in [0.25, 0.3) is 0 Å². The molecule has 6 heteroatoms. The van der Waals surface area contributed by atoms with E-state index in [0.717, 1.165) is 27.7 Å². The van der Waals surface area contributed by atoms with E-state index in [4.69, 9.17) is 14.5 Å². The van der Waals surface area contributed by atoms with E-state index in [1.54, 1.807) is 13.2 Å². The Kier molecular flexibility index (Phi) is 5.18. The van der Waals surface area contributed by atoms with Crippen LogP contribution in [-0.2, 0) is 4.79 Å². The Balaban J connectivity index is 1.81. The normalized spacial score (nSPS) is 18.5. The molecule has 2 heterocycles. The highest BCUT2D eigenvalue weighted by Gasteiger charge is 2.31. The fourth-order valence-corrected chi connectivity index (χ4v) is 3.59. The van der Waals surface area contributed by atoms with Crippen LogP contribution in [0.2, 0.25) is 0 Å². The van der Waals surface area contributed by atoms with Crippen molar-refractivity contribution in [3.05, 3.63) is 60.7 Å². The molecule has 0 aliphatic carbocycles. The first-order valence-electron chi connectivity index (χ1n) is 9.42. The van der Waals surface area contributed by atoms with Crippen LogP contribution in [0.4, 0.5) is 0 Å². The molecule has 1 saturated heterocycles. The maximum absolute atomic E-state index is 11.3. The van der Waals surface area contributed by atoms with Crippen molar-refractivity contribution in [2.24, 2.45) is 0 Å². The number of aliphatic carboxylic acids is 1. The van der Waals surface area contributed by atoms with Gasteiger partial charge in [0.2, 0.25) is 0 Å². The molecule has 0 bridgehead atoms. The molecule has 29 heavy (non-hydrogen) atoms. The van der Waals surface area contributed by atoms with Crippen molar-refractivity contribution in [1.82, 2.24) is 10.3 Å². The molecule has 0 saturated carbocycles. The Morgan fingerprint density at radius 3 is 2.69 bits per heavy atom. The van der Waals surface area contributed by atoms with Crippen LogP contribution in [0.1, 0.15) is 12.0 Å². The molecule has 0 amide bonds. The van der Waals surface area contributed by atoms with E-state index >= 15 is 0 Å². The van der Waals surface area contributed by atoms with E-state index in [-0.39, 0.29) is 6.10 Å². The summed E-state index contributed by atoms with van der Waals surface area (Å²) in [5.74, 6) is 0.487. The van der Waals surface area contributed by atoms with Crippen molar-refractivity contribution in [2.75, 3.05) is 13.7 Å². The predicted octanol–water partition coefficient (Wildman–Crippen LogP) is 3.75. The van der Waals surface area contributed by atoms with E-state index in [9.17, 15) is 9.90 Å². The van der Waals surface area contributed by atoms with E-state index in [0.29, 0.717) is 24.5 Å². The van der Waals surface area contributed by atoms with E-state index in [1.165, 1.54) is 0 Å². The fraction of sp³-hybridized carbons (Fsp3) is 0.217. The van der Waals surface area contributed by atoms with Crippen molar-refractivity contribution in [3.63, 3.8) is 0 Å². The van der Waals surface area contributed by atoms with Gasteiger partial charge in [-0.25, -0.2) is 4.98 Å². The third kappa shape index (κ3) is 3.79. The van der Waals surface area contributed by atoms with Crippen LogP contribution in [0.25, 0.3) is 28.2 Å². The van der Waals surface area contributed by atoms with Crippen LogP contribution < -0.4 is 14.8 Å². The summed E-state index contributed by atoms with van der Waals surface area (Å²) >= 11 is 0. The van der Waals surface area contributed by atoms with Gasteiger partial charge in [0.05, 0.1) is 18.3 Å². The Hall–Kier alpha value is -3.38. The number of benzene rings is 2. The van der Waals surface area contributed by atoms with Crippen molar-refractivity contribution in [1.29, 1.82) is 0 Å². The molecule has 3 aromatic rings. The molecule has 0 radical (unpaired) electrons. The highest BCUT2D eigenvalue weighted by Crippen LogP contribution is 2.35. The van der Waals surface area contributed by atoms with Gasteiger partial charge in [-0.05, 0) is 6.07 Å². The lowest BCUT2D eigenvalue weighted by molar-refractivity contribution is -0.139. The van der Waals surface area contributed by atoms with Crippen molar-refractivity contribution in [2.45, 2.75) is 18.6 Å². The molecular weight excluding hydrogens is 368 g/mol. The van der Waals surface area contributed by atoms with Crippen LogP contribution in [0.15, 0.2) is 55.1 Å². The zero-order chi connectivity index (χ0) is 20.4. The molecule has 2 aromatic carbocycles. The number of carboxylic acid groups (broad SMARTS) is 1. The Bertz CT molecular complexity index is 1070. The number of carboxylic acids is 1. The molecule has 4 rings (SSSR count). The lowest BCUT2D eigenvalue weighted by Gasteiger charge is -2.17. The quantitative estimate of drug-likeness (QED) is 0.667. The number of rotatable bonds is 6. The summed E-state index contributed by atoms with van der Waals surface area (Å²) in [5.41, 5.74) is 3.33. The van der Waals surface area contributed by atoms with Crippen molar-refractivity contribution in [3.8, 4) is 22.8 Å². The minimum atomic E-state index is -0.862. The highest BCUT2D eigenvalue weighted by atomic mass is 16.5. The van der Waals surface area contributed by atoms with Crippen LogP contribution in [0.3, 0.4) is 0 Å². The molecule has 2 N–H and O–H groups in total. The molecular formula is C23H22N2O4. The maximum atomic E-state index is 11.3. The molecule has 6 nitrogen and oxygen atoms in total. The summed E-state index contributed by atoms with van der Waals surface area (Å²) in [4.78, 5) is 16.1. The molecule has 1 aliphatic heterocycles. The average Bonchev–Trinajstić information content (AvgIpc) is 3.22. The Morgan fingerprint density at radius 2 is 2.03 bits per heavy atom. The zero-order valence-electron chi connectivity index (χ0n) is 16.1. The number of nitrogens with one attached hydrogen (secondary N) is 1. The summed E-state index contributed by atoms with van der Waals surface area (Å²) in [6.07, 6.45) is 1.90. The van der Waals surface area contributed by atoms with Gasteiger partial charge in [-0.15, -0.1) is 0 Å². The number of ether oxygens (including phenoxy) is 2.